The molecule has 174 valence electrons. The average Bonchev–Trinajstić information content (AvgIpc) is 3.07. The third-order valence-corrected chi connectivity index (χ3v) is 6.48. The first-order valence-electron chi connectivity index (χ1n) is 9.95. The Morgan fingerprint density at radius 1 is 1.12 bits per heavy atom. The van der Waals surface area contributed by atoms with Crippen LogP contribution in [0.3, 0.4) is 0 Å². The fraction of sp³-hybridized carbons (Fsp3) is 0.261. The fourth-order valence-corrected chi connectivity index (χ4v) is 4.79. The molecule has 0 spiro atoms. The maximum Gasteiger partial charge on any atom is 0.308 e. The number of primary amides is 1. The lowest BCUT2D eigenvalue weighted by molar-refractivity contribution is -0.131. The largest absolute Gasteiger partial charge is 0.423 e. The molecule has 0 saturated carbocycles. The molecule has 7 nitrogen and oxygen atoms in total. The summed E-state index contributed by atoms with van der Waals surface area (Å²) in [6.07, 6.45) is 0. The second-order valence-electron chi connectivity index (χ2n) is 8.40. The minimum absolute atomic E-state index is 0.0204. The number of amides is 2. The lowest BCUT2D eigenvalue weighted by Gasteiger charge is -2.20. The topological polar surface area (TPSA) is 111 Å². The summed E-state index contributed by atoms with van der Waals surface area (Å²) in [4.78, 5) is 36.4. The molecule has 1 aromatic heterocycles. The van der Waals surface area contributed by atoms with E-state index in [4.69, 9.17) is 33.7 Å². The van der Waals surface area contributed by atoms with Crippen molar-refractivity contribution in [3.05, 3.63) is 57.1 Å². The van der Waals surface area contributed by atoms with Crippen molar-refractivity contribution < 1.29 is 19.1 Å². The molecule has 0 saturated heterocycles. The predicted octanol–water partition coefficient (Wildman–Crippen LogP) is 5.37. The SMILES string of the molecule is CC(=O)Oc1c(Cl)cc2c(C(N)=O)c(NC(=O)c3ccc(CNC(C)(C)C)cc3)sc2c1Cl. The highest BCUT2D eigenvalue weighted by molar-refractivity contribution is 7.24. The van der Waals surface area contributed by atoms with Crippen LogP contribution < -0.4 is 21.1 Å². The molecule has 2 amide bonds. The highest BCUT2D eigenvalue weighted by atomic mass is 35.5. The molecule has 3 aromatic rings. The number of hydrogen-bond donors (Lipinski definition) is 3. The number of carbonyl (C=O) groups excluding carboxylic acids is 3. The van der Waals surface area contributed by atoms with E-state index in [1.54, 1.807) is 12.1 Å². The van der Waals surface area contributed by atoms with E-state index in [-0.39, 0.29) is 31.9 Å². The van der Waals surface area contributed by atoms with Gasteiger partial charge in [-0.05, 0) is 44.5 Å². The molecule has 1 heterocycles. The molecule has 0 fully saturated rings. The van der Waals surface area contributed by atoms with Gasteiger partial charge in [-0.1, -0.05) is 35.3 Å². The van der Waals surface area contributed by atoms with Crippen LogP contribution >= 0.6 is 34.5 Å². The third-order valence-electron chi connectivity index (χ3n) is 4.59. The highest BCUT2D eigenvalue weighted by Gasteiger charge is 2.24. The standard InChI is InChI=1S/C23H23Cl2N3O4S/c1-11(29)32-18-15(24)9-14-16(20(26)30)22(33-19(14)17(18)25)28-21(31)13-7-5-12(6-8-13)10-27-23(2,3)4/h5-9,27H,10H2,1-4H3,(H2,26,30)(H,28,31). The summed E-state index contributed by atoms with van der Waals surface area (Å²) < 4.78 is 5.50. The zero-order chi connectivity index (χ0) is 24.5. The molecular weight excluding hydrogens is 485 g/mol. The number of nitrogens with two attached hydrogens (primary N) is 1. The number of rotatable bonds is 6. The Morgan fingerprint density at radius 2 is 1.76 bits per heavy atom. The van der Waals surface area contributed by atoms with Crippen LogP contribution in [0, 0.1) is 0 Å². The van der Waals surface area contributed by atoms with E-state index >= 15 is 0 Å². The molecule has 33 heavy (non-hydrogen) atoms. The summed E-state index contributed by atoms with van der Waals surface area (Å²) in [5, 5.41) is 6.79. The van der Waals surface area contributed by atoms with Crippen LogP contribution in [0.2, 0.25) is 10.0 Å². The molecule has 0 bridgehead atoms. The Bertz CT molecular complexity index is 1250. The Kier molecular flexibility index (Phi) is 7.33. The molecular formula is C23H23Cl2N3O4S. The van der Waals surface area contributed by atoms with Crippen molar-refractivity contribution in [2.24, 2.45) is 5.73 Å². The van der Waals surface area contributed by atoms with Gasteiger partial charge in [-0.25, -0.2) is 0 Å². The quantitative estimate of drug-likeness (QED) is 0.306. The molecule has 3 rings (SSSR count). The Balaban J connectivity index is 1.92. The van der Waals surface area contributed by atoms with Crippen molar-refractivity contribution in [1.82, 2.24) is 5.32 Å². The number of anilines is 1. The molecule has 0 aliphatic rings. The van der Waals surface area contributed by atoms with E-state index in [1.165, 1.54) is 13.0 Å². The van der Waals surface area contributed by atoms with Gasteiger partial charge in [0, 0.05) is 30.0 Å². The molecule has 0 unspecified atom stereocenters. The number of fused-ring (bicyclic) bond motifs is 1. The van der Waals surface area contributed by atoms with Gasteiger partial charge in [-0.15, -0.1) is 11.3 Å². The Morgan fingerprint density at radius 3 is 2.30 bits per heavy atom. The average molecular weight is 508 g/mol. The molecule has 0 aliphatic heterocycles. The van der Waals surface area contributed by atoms with Crippen LogP contribution in [0.25, 0.3) is 10.1 Å². The van der Waals surface area contributed by atoms with Gasteiger partial charge in [0.05, 0.1) is 15.3 Å². The summed E-state index contributed by atoms with van der Waals surface area (Å²) in [6, 6.07) is 8.55. The third kappa shape index (κ3) is 5.83. The number of thiophene rings is 1. The first-order valence-corrected chi connectivity index (χ1v) is 11.5. The van der Waals surface area contributed by atoms with Gasteiger partial charge in [0.15, 0.2) is 5.75 Å². The maximum absolute atomic E-state index is 12.9. The van der Waals surface area contributed by atoms with Crippen molar-refractivity contribution in [3.63, 3.8) is 0 Å². The van der Waals surface area contributed by atoms with Crippen LogP contribution in [0.1, 0.15) is 54.0 Å². The van der Waals surface area contributed by atoms with E-state index in [0.29, 0.717) is 22.2 Å². The van der Waals surface area contributed by atoms with E-state index in [0.717, 1.165) is 16.9 Å². The second kappa shape index (κ2) is 9.69. The second-order valence-corrected chi connectivity index (χ2v) is 10.2. The fourth-order valence-electron chi connectivity index (χ4n) is 3.03. The van der Waals surface area contributed by atoms with Gasteiger partial charge in [-0.2, -0.15) is 0 Å². The molecule has 0 atom stereocenters. The number of esters is 1. The molecule has 4 N–H and O–H groups in total. The normalized spacial score (nSPS) is 11.5. The van der Waals surface area contributed by atoms with E-state index in [2.05, 4.69) is 31.4 Å². The Hall–Kier alpha value is -2.65. The number of benzene rings is 2. The number of hydrogen-bond acceptors (Lipinski definition) is 6. The van der Waals surface area contributed by atoms with Gasteiger partial charge in [0.2, 0.25) is 0 Å². The number of carbonyl (C=O) groups is 3. The smallest absolute Gasteiger partial charge is 0.308 e. The minimum atomic E-state index is -0.757. The van der Waals surface area contributed by atoms with Crippen LogP contribution in [-0.4, -0.2) is 23.3 Å². The van der Waals surface area contributed by atoms with Gasteiger partial charge in [0.1, 0.15) is 10.0 Å². The van der Waals surface area contributed by atoms with Crippen molar-refractivity contribution >= 4 is 67.4 Å². The number of nitrogens with one attached hydrogen (secondary N) is 2. The Labute approximate surface area is 205 Å². The minimum Gasteiger partial charge on any atom is -0.423 e. The van der Waals surface area contributed by atoms with Gasteiger partial charge in [0.25, 0.3) is 11.8 Å². The van der Waals surface area contributed by atoms with Crippen LogP contribution in [-0.2, 0) is 11.3 Å². The zero-order valence-corrected chi connectivity index (χ0v) is 20.8. The van der Waals surface area contributed by atoms with Crippen molar-refractivity contribution in [3.8, 4) is 5.75 Å². The van der Waals surface area contributed by atoms with Crippen molar-refractivity contribution in [1.29, 1.82) is 0 Å². The van der Waals surface area contributed by atoms with Gasteiger partial charge < -0.3 is 21.1 Å². The zero-order valence-electron chi connectivity index (χ0n) is 18.5. The van der Waals surface area contributed by atoms with Crippen LogP contribution in [0.4, 0.5) is 5.00 Å². The summed E-state index contributed by atoms with van der Waals surface area (Å²) in [5.41, 5.74) is 7.07. The first-order chi connectivity index (χ1) is 15.4. The van der Waals surface area contributed by atoms with E-state index in [1.807, 2.05) is 12.1 Å². The summed E-state index contributed by atoms with van der Waals surface area (Å²) in [7, 11) is 0. The lowest BCUT2D eigenvalue weighted by atomic mass is 10.1. The summed E-state index contributed by atoms with van der Waals surface area (Å²) >= 11 is 13.6. The maximum atomic E-state index is 12.9. The molecule has 0 radical (unpaired) electrons. The predicted molar refractivity (Wildman–Crippen MR) is 133 cm³/mol. The molecule has 2 aromatic carbocycles. The first kappa shape index (κ1) is 25.0. The van der Waals surface area contributed by atoms with Gasteiger partial charge in [-0.3, -0.25) is 14.4 Å². The van der Waals surface area contributed by atoms with Crippen LogP contribution in [0.15, 0.2) is 30.3 Å². The van der Waals surface area contributed by atoms with Crippen LogP contribution in [0.5, 0.6) is 5.75 Å². The monoisotopic (exact) mass is 507 g/mol. The van der Waals surface area contributed by atoms with Crippen molar-refractivity contribution in [2.45, 2.75) is 39.8 Å². The number of halogens is 2. The molecule has 10 heteroatoms. The number of ether oxygens (including phenoxy) is 1. The van der Waals surface area contributed by atoms with E-state index < -0.39 is 17.8 Å². The van der Waals surface area contributed by atoms with Crippen molar-refractivity contribution in [2.75, 3.05) is 5.32 Å². The lowest BCUT2D eigenvalue weighted by Crippen LogP contribution is -2.35. The summed E-state index contributed by atoms with van der Waals surface area (Å²) in [6.45, 7) is 8.11. The van der Waals surface area contributed by atoms with E-state index in [9.17, 15) is 14.4 Å². The highest BCUT2D eigenvalue weighted by Crippen LogP contribution is 2.46. The summed E-state index contributed by atoms with van der Waals surface area (Å²) in [5.74, 6) is -1.79. The van der Waals surface area contributed by atoms with Gasteiger partial charge >= 0.3 is 5.97 Å². The molecule has 0 aliphatic carbocycles.